The standard InChI is InChI=1S/C11H18N2O2S/c1-8-6-12-11(13-7-8)10(9(2)16)15-5-4-14-3/h6-7,9-10,16H,4-5H2,1-3H3/t9-,10-/m1/s1. The van der Waals surface area contributed by atoms with E-state index in [1.165, 1.54) is 0 Å². The molecule has 2 atom stereocenters. The second-order valence-electron chi connectivity index (χ2n) is 3.64. The molecule has 0 aliphatic rings. The molecule has 0 aliphatic carbocycles. The van der Waals surface area contributed by atoms with Gasteiger partial charge >= 0.3 is 0 Å². The van der Waals surface area contributed by atoms with Gasteiger partial charge in [0, 0.05) is 24.8 Å². The lowest BCUT2D eigenvalue weighted by molar-refractivity contribution is 0.0133. The van der Waals surface area contributed by atoms with Crippen LogP contribution in [0.2, 0.25) is 0 Å². The Kier molecular flexibility index (Phi) is 5.73. The van der Waals surface area contributed by atoms with Crippen molar-refractivity contribution in [2.75, 3.05) is 20.3 Å². The first-order valence-corrected chi connectivity index (χ1v) is 5.74. The molecule has 0 bridgehead atoms. The van der Waals surface area contributed by atoms with Crippen LogP contribution in [0.3, 0.4) is 0 Å². The van der Waals surface area contributed by atoms with Gasteiger partial charge < -0.3 is 9.47 Å². The Morgan fingerprint density at radius 2 is 1.94 bits per heavy atom. The molecule has 1 rings (SSSR count). The first kappa shape index (κ1) is 13.4. The van der Waals surface area contributed by atoms with Crippen molar-refractivity contribution < 1.29 is 9.47 Å². The smallest absolute Gasteiger partial charge is 0.158 e. The second kappa shape index (κ2) is 6.83. The predicted octanol–water partition coefficient (Wildman–Crippen LogP) is 1.81. The molecule has 0 spiro atoms. The highest BCUT2D eigenvalue weighted by molar-refractivity contribution is 7.81. The Morgan fingerprint density at radius 3 is 2.44 bits per heavy atom. The summed E-state index contributed by atoms with van der Waals surface area (Å²) in [4.78, 5) is 8.51. The molecule has 0 unspecified atom stereocenters. The predicted molar refractivity (Wildman–Crippen MR) is 65.8 cm³/mol. The van der Waals surface area contributed by atoms with Gasteiger partial charge in [-0.05, 0) is 12.5 Å². The fourth-order valence-electron chi connectivity index (χ4n) is 1.24. The lowest BCUT2D eigenvalue weighted by atomic mass is 10.2. The van der Waals surface area contributed by atoms with Crippen LogP contribution in [0.4, 0.5) is 0 Å². The molecular formula is C11H18N2O2S. The molecule has 0 saturated carbocycles. The summed E-state index contributed by atoms with van der Waals surface area (Å²) in [5, 5.41) is 0.0413. The van der Waals surface area contributed by atoms with Crippen LogP contribution < -0.4 is 0 Å². The van der Waals surface area contributed by atoms with Gasteiger partial charge in [0.05, 0.1) is 13.2 Å². The van der Waals surface area contributed by atoms with Crippen LogP contribution in [0.15, 0.2) is 12.4 Å². The van der Waals surface area contributed by atoms with Crippen molar-refractivity contribution in [3.63, 3.8) is 0 Å². The first-order chi connectivity index (χ1) is 7.65. The number of hydrogen-bond acceptors (Lipinski definition) is 5. The molecular weight excluding hydrogens is 224 g/mol. The summed E-state index contributed by atoms with van der Waals surface area (Å²) in [6.07, 6.45) is 3.37. The van der Waals surface area contributed by atoms with Crippen molar-refractivity contribution >= 4 is 12.6 Å². The Labute approximate surface area is 102 Å². The molecule has 0 N–H and O–H groups in total. The Bertz CT molecular complexity index is 303. The number of aromatic nitrogens is 2. The van der Waals surface area contributed by atoms with Crippen LogP contribution in [-0.4, -0.2) is 35.5 Å². The Balaban J connectivity index is 2.65. The summed E-state index contributed by atoms with van der Waals surface area (Å²) >= 11 is 4.39. The van der Waals surface area contributed by atoms with E-state index in [0.717, 1.165) is 5.56 Å². The number of ether oxygens (including phenoxy) is 2. The summed E-state index contributed by atoms with van der Waals surface area (Å²) in [6.45, 7) is 4.99. The largest absolute Gasteiger partial charge is 0.382 e. The Hall–Kier alpha value is -0.650. The van der Waals surface area contributed by atoms with E-state index in [2.05, 4.69) is 22.6 Å². The zero-order valence-corrected chi connectivity index (χ0v) is 10.8. The minimum atomic E-state index is -0.195. The number of methoxy groups -OCH3 is 1. The van der Waals surface area contributed by atoms with E-state index in [4.69, 9.17) is 9.47 Å². The highest BCUT2D eigenvalue weighted by Crippen LogP contribution is 2.21. The first-order valence-electron chi connectivity index (χ1n) is 5.22. The number of nitrogens with zero attached hydrogens (tertiary/aromatic N) is 2. The van der Waals surface area contributed by atoms with Gasteiger partial charge in [0.15, 0.2) is 5.82 Å². The minimum absolute atomic E-state index is 0.0413. The lowest BCUT2D eigenvalue weighted by Crippen LogP contribution is -2.18. The number of hydrogen-bond donors (Lipinski definition) is 1. The van der Waals surface area contributed by atoms with Crippen molar-refractivity contribution in [2.24, 2.45) is 0 Å². The van der Waals surface area contributed by atoms with Gasteiger partial charge in [-0.25, -0.2) is 9.97 Å². The van der Waals surface area contributed by atoms with Gasteiger partial charge in [-0.1, -0.05) is 6.92 Å². The van der Waals surface area contributed by atoms with Crippen LogP contribution >= 0.6 is 12.6 Å². The van der Waals surface area contributed by atoms with E-state index in [1.54, 1.807) is 19.5 Å². The fraction of sp³-hybridized carbons (Fsp3) is 0.636. The number of thiol groups is 1. The fourth-order valence-corrected chi connectivity index (χ4v) is 1.46. The van der Waals surface area contributed by atoms with Crippen molar-refractivity contribution in [1.82, 2.24) is 9.97 Å². The Morgan fingerprint density at radius 1 is 1.31 bits per heavy atom. The lowest BCUT2D eigenvalue weighted by Gasteiger charge is -2.19. The van der Waals surface area contributed by atoms with Crippen LogP contribution in [0.25, 0.3) is 0 Å². The summed E-state index contributed by atoms with van der Waals surface area (Å²) in [7, 11) is 1.64. The van der Waals surface area contributed by atoms with Gasteiger partial charge in [0.25, 0.3) is 0 Å². The van der Waals surface area contributed by atoms with E-state index in [-0.39, 0.29) is 11.4 Å². The van der Waals surface area contributed by atoms with Gasteiger partial charge in [-0.2, -0.15) is 12.6 Å². The normalized spacial score (nSPS) is 14.8. The topological polar surface area (TPSA) is 44.2 Å². The number of rotatable bonds is 6. The maximum atomic E-state index is 5.64. The zero-order valence-electron chi connectivity index (χ0n) is 9.88. The zero-order chi connectivity index (χ0) is 12.0. The maximum Gasteiger partial charge on any atom is 0.158 e. The van der Waals surface area contributed by atoms with Crippen molar-refractivity contribution in [1.29, 1.82) is 0 Å². The molecule has 0 saturated heterocycles. The van der Waals surface area contributed by atoms with Gasteiger partial charge in [0.2, 0.25) is 0 Å². The van der Waals surface area contributed by atoms with Crippen molar-refractivity contribution in [3.8, 4) is 0 Å². The molecule has 90 valence electrons. The van der Waals surface area contributed by atoms with Crippen LogP contribution in [0, 0.1) is 6.92 Å². The summed E-state index contributed by atoms with van der Waals surface area (Å²) in [5.74, 6) is 0.671. The third-order valence-electron chi connectivity index (χ3n) is 2.08. The van der Waals surface area contributed by atoms with Gasteiger partial charge in [-0.3, -0.25) is 0 Å². The van der Waals surface area contributed by atoms with E-state index >= 15 is 0 Å². The van der Waals surface area contributed by atoms with Gasteiger partial charge in [0.1, 0.15) is 6.10 Å². The molecule has 0 aromatic carbocycles. The second-order valence-corrected chi connectivity index (χ2v) is 4.46. The molecule has 0 amide bonds. The molecule has 16 heavy (non-hydrogen) atoms. The van der Waals surface area contributed by atoms with E-state index in [1.807, 2.05) is 13.8 Å². The summed E-state index contributed by atoms with van der Waals surface area (Å²) in [5.41, 5.74) is 1.03. The summed E-state index contributed by atoms with van der Waals surface area (Å²) in [6, 6.07) is 0. The van der Waals surface area contributed by atoms with Crippen molar-refractivity contribution in [3.05, 3.63) is 23.8 Å². The van der Waals surface area contributed by atoms with Crippen molar-refractivity contribution in [2.45, 2.75) is 25.2 Å². The summed E-state index contributed by atoms with van der Waals surface area (Å²) < 4.78 is 10.6. The average Bonchev–Trinajstić information content (AvgIpc) is 2.26. The molecule has 0 fully saturated rings. The quantitative estimate of drug-likeness (QED) is 0.610. The van der Waals surface area contributed by atoms with Crippen LogP contribution in [0.1, 0.15) is 24.4 Å². The van der Waals surface area contributed by atoms with Crippen LogP contribution in [-0.2, 0) is 9.47 Å². The average molecular weight is 242 g/mol. The maximum absolute atomic E-state index is 5.64. The number of aryl methyl sites for hydroxylation is 1. The van der Waals surface area contributed by atoms with E-state index < -0.39 is 0 Å². The van der Waals surface area contributed by atoms with E-state index in [0.29, 0.717) is 19.0 Å². The molecule has 0 radical (unpaired) electrons. The third-order valence-corrected chi connectivity index (χ3v) is 2.35. The minimum Gasteiger partial charge on any atom is -0.382 e. The van der Waals surface area contributed by atoms with Crippen LogP contribution in [0.5, 0.6) is 0 Å². The molecule has 1 heterocycles. The highest BCUT2D eigenvalue weighted by atomic mass is 32.1. The monoisotopic (exact) mass is 242 g/mol. The molecule has 4 nitrogen and oxygen atoms in total. The molecule has 5 heteroatoms. The molecule has 1 aromatic heterocycles. The molecule has 1 aromatic rings. The van der Waals surface area contributed by atoms with Gasteiger partial charge in [-0.15, -0.1) is 0 Å². The third kappa shape index (κ3) is 4.08. The molecule has 0 aliphatic heterocycles. The SMILES string of the molecule is COCCO[C@@H](c1ncc(C)cn1)[C@@H](C)S. The van der Waals surface area contributed by atoms with E-state index in [9.17, 15) is 0 Å². The highest BCUT2D eigenvalue weighted by Gasteiger charge is 2.19.